The van der Waals surface area contributed by atoms with Crippen molar-refractivity contribution in [3.05, 3.63) is 53.1 Å². The van der Waals surface area contributed by atoms with Gasteiger partial charge in [0.25, 0.3) is 5.91 Å². The molecular formula is C30H44N2O8. The molecule has 0 aliphatic carbocycles. The van der Waals surface area contributed by atoms with Crippen molar-refractivity contribution in [2.75, 3.05) is 26.6 Å². The summed E-state index contributed by atoms with van der Waals surface area (Å²) >= 11 is 0. The van der Waals surface area contributed by atoms with Gasteiger partial charge in [-0.25, -0.2) is 4.79 Å². The molecule has 2 bridgehead atoms. The van der Waals surface area contributed by atoms with Crippen LogP contribution in [0.1, 0.15) is 52.7 Å². The number of hydrogen-bond acceptors (Lipinski definition) is 8. The van der Waals surface area contributed by atoms with E-state index < -0.39 is 24.2 Å². The van der Waals surface area contributed by atoms with Gasteiger partial charge in [-0.15, -0.1) is 0 Å². The van der Waals surface area contributed by atoms with Crippen molar-refractivity contribution < 1.29 is 38.7 Å². The standard InChI is InChI=1S/C30H44N2O8/c1-16-10-9-11-17(2)29(35)32-23-15-21(33)14-22(25(23)34)27(38-7)20(5)13-24(37-6)28(39-8)19(4)12-18(3)26(16)40-30(31)36/h9-12,14-16,19-20,24,26-28,33-34H,13H2,1-8H3,(H2,31,36)(H,32,35)/b10-9-,17-11+,18-12+/t16-,19-,20-,24-,26+,27+,28+/m0/s1. The zero-order valence-corrected chi connectivity index (χ0v) is 24.6. The molecule has 0 saturated carbocycles. The summed E-state index contributed by atoms with van der Waals surface area (Å²) in [5.41, 5.74) is 6.91. The van der Waals surface area contributed by atoms with Crippen molar-refractivity contribution in [1.82, 2.24) is 0 Å². The summed E-state index contributed by atoms with van der Waals surface area (Å²) in [6, 6.07) is 2.71. The Kier molecular flexibility index (Phi) is 12.2. The summed E-state index contributed by atoms with van der Waals surface area (Å²) in [5, 5.41) is 24.2. The number of ether oxygens (including phenoxy) is 4. The molecule has 0 saturated heterocycles. The number of rotatable bonds is 4. The average Bonchev–Trinajstić information content (AvgIpc) is 2.88. The fourth-order valence-electron chi connectivity index (χ4n) is 5.30. The first kappa shape index (κ1) is 32.9. The van der Waals surface area contributed by atoms with E-state index in [1.165, 1.54) is 19.2 Å². The Morgan fingerprint density at radius 2 is 1.68 bits per heavy atom. The number of phenols is 2. The maximum absolute atomic E-state index is 12.9. The van der Waals surface area contributed by atoms with Crippen LogP contribution in [0, 0.1) is 17.8 Å². The number of amides is 2. The fraction of sp³-hybridized carbons (Fsp3) is 0.533. The van der Waals surface area contributed by atoms with E-state index in [2.05, 4.69) is 5.32 Å². The van der Waals surface area contributed by atoms with E-state index in [-0.39, 0.29) is 47.1 Å². The van der Waals surface area contributed by atoms with E-state index in [0.717, 1.165) is 5.57 Å². The van der Waals surface area contributed by atoms with Crippen molar-refractivity contribution in [3.63, 3.8) is 0 Å². The number of nitrogens with one attached hydrogen (secondary N) is 1. The predicted molar refractivity (Wildman–Crippen MR) is 153 cm³/mol. The van der Waals surface area contributed by atoms with Crippen LogP contribution >= 0.6 is 0 Å². The highest BCUT2D eigenvalue weighted by molar-refractivity contribution is 6.04. The Morgan fingerprint density at radius 3 is 2.25 bits per heavy atom. The number of methoxy groups -OCH3 is 3. The number of nitrogens with two attached hydrogens (primary N) is 1. The number of hydrogen-bond donors (Lipinski definition) is 4. The lowest BCUT2D eigenvalue weighted by Crippen LogP contribution is -2.37. The van der Waals surface area contributed by atoms with Crippen molar-refractivity contribution in [1.29, 1.82) is 0 Å². The summed E-state index contributed by atoms with van der Waals surface area (Å²) in [6.45, 7) is 9.30. The third kappa shape index (κ3) is 8.33. The maximum Gasteiger partial charge on any atom is 0.405 e. The number of allylic oxidation sites excluding steroid dienone is 2. The summed E-state index contributed by atoms with van der Waals surface area (Å²) in [5.74, 6) is -1.43. The second kappa shape index (κ2) is 14.9. The third-order valence-electron chi connectivity index (χ3n) is 7.33. The summed E-state index contributed by atoms with van der Waals surface area (Å²) in [7, 11) is 4.73. The molecule has 1 heterocycles. The van der Waals surface area contributed by atoms with Gasteiger partial charge in [0, 0.05) is 50.4 Å². The monoisotopic (exact) mass is 560 g/mol. The lowest BCUT2D eigenvalue weighted by atomic mass is 9.86. The normalized spacial score (nSPS) is 32.2. The van der Waals surface area contributed by atoms with Crippen molar-refractivity contribution in [2.45, 2.75) is 65.5 Å². The Balaban J connectivity index is 2.67. The molecule has 0 unspecified atom stereocenters. The molecule has 0 radical (unpaired) electrons. The number of carbonyl (C=O) groups is 2. The minimum Gasteiger partial charge on any atom is -0.508 e. The molecule has 1 aliphatic heterocycles. The molecule has 1 aromatic rings. The second-order valence-corrected chi connectivity index (χ2v) is 10.5. The second-order valence-electron chi connectivity index (χ2n) is 10.5. The van der Waals surface area contributed by atoms with E-state index in [0.29, 0.717) is 17.6 Å². The molecule has 0 fully saturated rings. The number of phenolic OH excluding ortho intramolecular Hbond substituents is 2. The van der Waals surface area contributed by atoms with Crippen LogP contribution in [0.3, 0.4) is 0 Å². The van der Waals surface area contributed by atoms with Gasteiger partial charge in [0.1, 0.15) is 17.6 Å². The molecular weight excluding hydrogens is 516 g/mol. The average molecular weight is 561 g/mol. The van der Waals surface area contributed by atoms with Crippen LogP contribution in [0.25, 0.3) is 0 Å². The number of aromatic hydroxyl groups is 2. The molecule has 10 heteroatoms. The third-order valence-corrected chi connectivity index (χ3v) is 7.33. The summed E-state index contributed by atoms with van der Waals surface area (Å²) in [6.07, 6.45) is 4.64. The van der Waals surface area contributed by atoms with Crippen LogP contribution in [0.15, 0.2) is 47.6 Å². The number of benzene rings is 1. The van der Waals surface area contributed by atoms with Gasteiger partial charge < -0.3 is 40.2 Å². The van der Waals surface area contributed by atoms with Crippen LogP contribution < -0.4 is 11.1 Å². The van der Waals surface area contributed by atoms with Gasteiger partial charge >= 0.3 is 6.09 Å². The Morgan fingerprint density at radius 1 is 1.00 bits per heavy atom. The van der Waals surface area contributed by atoms with Crippen LogP contribution in [0.5, 0.6) is 11.5 Å². The van der Waals surface area contributed by atoms with E-state index in [4.69, 9.17) is 24.7 Å². The van der Waals surface area contributed by atoms with E-state index >= 15 is 0 Å². The van der Waals surface area contributed by atoms with Crippen LogP contribution in [-0.4, -0.2) is 61.9 Å². The van der Waals surface area contributed by atoms with Crippen LogP contribution in [0.2, 0.25) is 0 Å². The fourth-order valence-corrected chi connectivity index (χ4v) is 5.30. The lowest BCUT2D eigenvalue weighted by molar-refractivity contribution is -0.112. The largest absolute Gasteiger partial charge is 0.508 e. The summed E-state index contributed by atoms with van der Waals surface area (Å²) < 4.78 is 23.0. The zero-order valence-electron chi connectivity index (χ0n) is 24.6. The first-order valence-corrected chi connectivity index (χ1v) is 13.3. The number of anilines is 1. The van der Waals surface area contributed by atoms with E-state index in [9.17, 15) is 19.8 Å². The molecule has 1 aliphatic rings. The van der Waals surface area contributed by atoms with Gasteiger partial charge in [-0.1, -0.05) is 45.1 Å². The molecule has 0 aromatic heterocycles. The highest BCUT2D eigenvalue weighted by Gasteiger charge is 2.33. The number of primary amides is 1. The molecule has 5 N–H and O–H groups in total. The van der Waals surface area contributed by atoms with Crippen molar-refractivity contribution in [2.24, 2.45) is 23.5 Å². The maximum atomic E-state index is 12.9. The Bertz CT molecular complexity index is 1130. The minimum atomic E-state index is -0.891. The first-order chi connectivity index (χ1) is 18.8. The predicted octanol–water partition coefficient (Wildman–Crippen LogP) is 4.98. The van der Waals surface area contributed by atoms with Gasteiger partial charge in [-0.3, -0.25) is 4.79 Å². The van der Waals surface area contributed by atoms with Gasteiger partial charge in [0.15, 0.2) is 0 Å². The van der Waals surface area contributed by atoms with Crippen molar-refractivity contribution in [3.8, 4) is 11.5 Å². The highest BCUT2D eigenvalue weighted by atomic mass is 16.6. The van der Waals surface area contributed by atoms with Crippen molar-refractivity contribution >= 4 is 17.7 Å². The number of carbonyl (C=O) groups excluding carboxylic acids is 2. The van der Waals surface area contributed by atoms with Crippen LogP contribution in [-0.2, 0) is 23.7 Å². The Hall–Kier alpha value is -3.34. The molecule has 2 amide bonds. The molecule has 10 nitrogen and oxygen atoms in total. The number of fused-ring (bicyclic) bond motifs is 2. The molecule has 0 spiro atoms. The van der Waals surface area contributed by atoms with Crippen LogP contribution in [0.4, 0.5) is 10.5 Å². The topological polar surface area (TPSA) is 150 Å². The highest BCUT2D eigenvalue weighted by Crippen LogP contribution is 2.42. The van der Waals surface area contributed by atoms with Gasteiger partial charge in [-0.2, -0.15) is 0 Å². The zero-order chi connectivity index (χ0) is 30.1. The van der Waals surface area contributed by atoms with Gasteiger partial charge in [0.2, 0.25) is 0 Å². The minimum absolute atomic E-state index is 0.0543. The Labute approximate surface area is 236 Å². The quantitative estimate of drug-likeness (QED) is 0.229. The molecule has 40 heavy (non-hydrogen) atoms. The molecule has 7 atom stereocenters. The lowest BCUT2D eigenvalue weighted by Gasteiger charge is -2.33. The van der Waals surface area contributed by atoms with Gasteiger partial charge in [0.05, 0.1) is 24.0 Å². The molecule has 1 aromatic carbocycles. The van der Waals surface area contributed by atoms with E-state index in [1.54, 1.807) is 39.4 Å². The van der Waals surface area contributed by atoms with E-state index in [1.807, 2.05) is 33.8 Å². The first-order valence-electron chi connectivity index (χ1n) is 13.3. The molecule has 2 rings (SSSR count). The van der Waals surface area contributed by atoms with Gasteiger partial charge in [-0.05, 0) is 37.8 Å². The molecule has 222 valence electrons. The SMILES string of the molecule is CO[C@H]1[C@@H](OC)C[C@H](C)[C@@H](OC)c2cc(O)cc(c2O)NC(=O)/C(C)=C/C=C\[C@H](C)[C@@H](OC(N)=O)/C(C)=C/[C@@H]1C. The summed E-state index contributed by atoms with van der Waals surface area (Å²) in [4.78, 5) is 24.6. The smallest absolute Gasteiger partial charge is 0.405 e.